The van der Waals surface area contributed by atoms with Gasteiger partial charge < -0.3 is 4.55 Å². The van der Waals surface area contributed by atoms with Crippen molar-refractivity contribution in [3.8, 4) is 0 Å². The van der Waals surface area contributed by atoms with Crippen LogP contribution in [0.4, 0.5) is 5.69 Å². The maximum Gasteiger partial charge on any atom is 1.00 e. The van der Waals surface area contributed by atoms with Crippen LogP contribution in [0.3, 0.4) is 0 Å². The second-order valence-electron chi connectivity index (χ2n) is 3.26. The second kappa shape index (κ2) is 6.60. The van der Waals surface area contributed by atoms with E-state index in [-0.39, 0.29) is 34.5 Å². The van der Waals surface area contributed by atoms with Crippen molar-refractivity contribution in [2.75, 3.05) is 0 Å². The number of nitrogens with zero attached hydrogens (tertiary/aromatic N) is 1. The first-order valence-corrected chi connectivity index (χ1v) is 7.03. The van der Waals surface area contributed by atoms with Crippen molar-refractivity contribution in [3.05, 3.63) is 46.7 Å². The Kier molecular flexibility index (Phi) is 5.71. The van der Waals surface area contributed by atoms with Crippen molar-refractivity contribution in [1.29, 1.82) is 0 Å². The zero-order chi connectivity index (χ0) is 12.3. The molecule has 18 heavy (non-hydrogen) atoms. The maximum atomic E-state index is 10.7. The van der Waals surface area contributed by atoms with Gasteiger partial charge in [-0.2, -0.15) is 11.3 Å². The van der Waals surface area contributed by atoms with Gasteiger partial charge in [0.2, 0.25) is 0 Å². The molecule has 2 rings (SSSR count). The minimum absolute atomic E-state index is 0. The first-order chi connectivity index (χ1) is 8.05. The molecule has 2 aromatic rings. The van der Waals surface area contributed by atoms with Crippen molar-refractivity contribution >= 4 is 33.4 Å². The van der Waals surface area contributed by atoms with Crippen LogP contribution in [-0.4, -0.2) is 19.2 Å². The van der Waals surface area contributed by atoms with Crippen LogP contribution >= 0.6 is 11.3 Å². The van der Waals surface area contributed by atoms with E-state index in [2.05, 4.69) is 4.99 Å². The largest absolute Gasteiger partial charge is 1.00 e. The Morgan fingerprint density at radius 2 is 1.83 bits per heavy atom. The summed E-state index contributed by atoms with van der Waals surface area (Å²) < 4.78 is 32.1. The molecular weight excluding hydrogens is 281 g/mol. The van der Waals surface area contributed by atoms with Gasteiger partial charge in [-0.1, -0.05) is 0 Å². The molecule has 0 aliphatic heterocycles. The van der Waals surface area contributed by atoms with Crippen molar-refractivity contribution in [1.82, 2.24) is 0 Å². The van der Waals surface area contributed by atoms with Gasteiger partial charge in [0.25, 0.3) is 0 Å². The fourth-order valence-corrected chi connectivity index (χ4v) is 2.28. The molecule has 0 saturated carbocycles. The molecule has 1 heterocycles. The van der Waals surface area contributed by atoms with Crippen LogP contribution in [0.2, 0.25) is 0 Å². The SMILES string of the molecule is O=S(=O)([O-])c1ccc(N=Cc2ccsc2)cc1.[Na+]. The summed E-state index contributed by atoms with van der Waals surface area (Å²) in [6, 6.07) is 7.41. The molecule has 0 aliphatic rings. The molecule has 0 unspecified atom stereocenters. The Balaban J connectivity index is 0.00000162. The topological polar surface area (TPSA) is 69.6 Å². The molecule has 7 heteroatoms. The summed E-state index contributed by atoms with van der Waals surface area (Å²) in [5.41, 5.74) is 1.58. The standard InChI is InChI=1S/C11H9NO3S2.Na/c13-17(14,15)11-3-1-10(2-4-11)12-7-9-5-6-16-8-9;/h1-8H,(H,13,14,15);/q;+1/p-1. The summed E-state index contributed by atoms with van der Waals surface area (Å²) in [5.74, 6) is 0. The van der Waals surface area contributed by atoms with E-state index in [1.165, 1.54) is 24.3 Å². The van der Waals surface area contributed by atoms with Gasteiger partial charge in [-0.3, -0.25) is 4.99 Å². The van der Waals surface area contributed by atoms with Crippen LogP contribution in [0.25, 0.3) is 0 Å². The van der Waals surface area contributed by atoms with E-state index in [4.69, 9.17) is 0 Å². The zero-order valence-corrected chi connectivity index (χ0v) is 13.2. The quantitative estimate of drug-likeness (QED) is 0.431. The number of aliphatic imine (C=N–C) groups is 1. The van der Waals surface area contributed by atoms with E-state index in [0.717, 1.165) is 5.56 Å². The third-order valence-corrected chi connectivity index (χ3v) is 3.58. The minimum atomic E-state index is -4.38. The molecule has 0 spiro atoms. The van der Waals surface area contributed by atoms with Gasteiger partial charge in [0.1, 0.15) is 10.1 Å². The van der Waals surface area contributed by atoms with Gasteiger partial charge in [0.05, 0.1) is 10.6 Å². The molecule has 1 aromatic heterocycles. The predicted molar refractivity (Wildman–Crippen MR) is 66.0 cm³/mol. The second-order valence-corrected chi connectivity index (χ2v) is 5.42. The van der Waals surface area contributed by atoms with Crippen LogP contribution in [-0.2, 0) is 10.1 Å². The van der Waals surface area contributed by atoms with Gasteiger partial charge in [-0.25, -0.2) is 8.42 Å². The summed E-state index contributed by atoms with van der Waals surface area (Å²) >= 11 is 1.57. The third-order valence-electron chi connectivity index (χ3n) is 2.03. The zero-order valence-electron chi connectivity index (χ0n) is 9.61. The summed E-state index contributed by atoms with van der Waals surface area (Å²) in [6.07, 6.45) is 1.68. The summed E-state index contributed by atoms with van der Waals surface area (Å²) in [7, 11) is -4.38. The molecule has 0 N–H and O–H groups in total. The average Bonchev–Trinajstić information content (AvgIpc) is 2.78. The number of thiophene rings is 1. The van der Waals surface area contributed by atoms with E-state index in [1.807, 2.05) is 16.8 Å². The van der Waals surface area contributed by atoms with Gasteiger partial charge in [-0.15, -0.1) is 0 Å². The maximum absolute atomic E-state index is 10.7. The normalized spacial score (nSPS) is 11.4. The Bertz CT molecular complexity index is 619. The molecule has 88 valence electrons. The van der Waals surface area contributed by atoms with E-state index in [9.17, 15) is 13.0 Å². The van der Waals surface area contributed by atoms with Gasteiger partial charge in [0.15, 0.2) is 0 Å². The minimum Gasteiger partial charge on any atom is -0.744 e. The van der Waals surface area contributed by atoms with Crippen LogP contribution in [0, 0.1) is 0 Å². The van der Waals surface area contributed by atoms with Gasteiger partial charge in [0, 0.05) is 11.8 Å². The van der Waals surface area contributed by atoms with Crippen molar-refractivity contribution in [2.24, 2.45) is 4.99 Å². The molecule has 0 bridgehead atoms. The molecule has 0 saturated heterocycles. The summed E-state index contributed by atoms with van der Waals surface area (Å²) in [5, 5.41) is 3.88. The Hall–Kier alpha value is -0.500. The molecule has 0 atom stereocenters. The average molecular weight is 289 g/mol. The molecule has 0 fully saturated rings. The monoisotopic (exact) mass is 289 g/mol. The number of rotatable bonds is 3. The van der Waals surface area contributed by atoms with Crippen molar-refractivity contribution in [3.63, 3.8) is 0 Å². The van der Waals surface area contributed by atoms with Crippen molar-refractivity contribution < 1.29 is 42.5 Å². The Morgan fingerprint density at radius 3 is 2.33 bits per heavy atom. The number of hydrogen-bond donors (Lipinski definition) is 0. The fraction of sp³-hybridized carbons (Fsp3) is 0. The first kappa shape index (κ1) is 15.6. The van der Waals surface area contributed by atoms with Crippen LogP contribution in [0.5, 0.6) is 0 Å². The third kappa shape index (κ3) is 4.31. The van der Waals surface area contributed by atoms with Crippen LogP contribution < -0.4 is 29.6 Å². The van der Waals surface area contributed by atoms with Gasteiger partial charge >= 0.3 is 29.6 Å². The summed E-state index contributed by atoms with van der Waals surface area (Å²) in [4.78, 5) is 3.91. The number of benzene rings is 1. The van der Waals surface area contributed by atoms with E-state index < -0.39 is 10.1 Å². The van der Waals surface area contributed by atoms with Gasteiger partial charge in [-0.05, 0) is 41.1 Å². The smallest absolute Gasteiger partial charge is 0.744 e. The molecule has 0 aliphatic carbocycles. The first-order valence-electron chi connectivity index (χ1n) is 4.68. The van der Waals surface area contributed by atoms with Crippen LogP contribution in [0.1, 0.15) is 5.56 Å². The number of hydrogen-bond acceptors (Lipinski definition) is 5. The molecule has 0 radical (unpaired) electrons. The predicted octanol–water partition coefficient (Wildman–Crippen LogP) is -0.593. The molecular formula is C11H8NNaO3S2. The van der Waals surface area contributed by atoms with Crippen LogP contribution in [0.15, 0.2) is 51.0 Å². The fourth-order valence-electron chi connectivity index (χ4n) is 1.20. The molecule has 0 amide bonds. The molecule has 4 nitrogen and oxygen atoms in total. The van der Waals surface area contributed by atoms with E-state index in [1.54, 1.807) is 17.6 Å². The Morgan fingerprint density at radius 1 is 1.17 bits per heavy atom. The van der Waals surface area contributed by atoms with E-state index >= 15 is 0 Å². The Labute approximate surface area is 131 Å². The van der Waals surface area contributed by atoms with E-state index in [0.29, 0.717) is 5.69 Å². The summed E-state index contributed by atoms with van der Waals surface area (Å²) in [6.45, 7) is 0. The van der Waals surface area contributed by atoms with Crippen molar-refractivity contribution in [2.45, 2.75) is 4.90 Å². The molecule has 1 aromatic carbocycles.